The van der Waals surface area contributed by atoms with Gasteiger partial charge in [0.15, 0.2) is 0 Å². The standard InChI is InChI=1S/C18H19BrN2O3/c1-3-17(22)20-13-6-5-7-14(11-13)21-18(23)15-10-12(19)8-9-16(15)24-4-2/h5-11H,3-4H2,1-2H3,(H,20,22)(H,21,23). The molecule has 0 aliphatic heterocycles. The third kappa shape index (κ3) is 4.83. The Morgan fingerprint density at radius 1 is 1.04 bits per heavy atom. The molecule has 2 aromatic carbocycles. The van der Waals surface area contributed by atoms with Gasteiger partial charge in [-0.3, -0.25) is 9.59 Å². The SMILES string of the molecule is CCOc1ccc(Br)cc1C(=O)Nc1cccc(NC(=O)CC)c1. The highest BCUT2D eigenvalue weighted by atomic mass is 79.9. The minimum absolute atomic E-state index is 0.0795. The van der Waals surface area contributed by atoms with E-state index in [1.54, 1.807) is 43.3 Å². The summed E-state index contributed by atoms with van der Waals surface area (Å²) in [6.45, 7) is 4.12. The summed E-state index contributed by atoms with van der Waals surface area (Å²) >= 11 is 3.36. The minimum Gasteiger partial charge on any atom is -0.493 e. The zero-order valence-electron chi connectivity index (χ0n) is 13.6. The molecule has 2 N–H and O–H groups in total. The summed E-state index contributed by atoms with van der Waals surface area (Å²) < 4.78 is 6.29. The summed E-state index contributed by atoms with van der Waals surface area (Å²) in [4.78, 5) is 24.0. The van der Waals surface area contributed by atoms with Crippen molar-refractivity contribution in [1.82, 2.24) is 0 Å². The van der Waals surface area contributed by atoms with Gasteiger partial charge in [-0.2, -0.15) is 0 Å². The Kier molecular flexibility index (Phi) is 6.37. The number of ether oxygens (including phenoxy) is 1. The molecule has 2 amide bonds. The molecule has 0 saturated carbocycles. The fourth-order valence-corrected chi connectivity index (χ4v) is 2.44. The van der Waals surface area contributed by atoms with Crippen LogP contribution in [0.4, 0.5) is 11.4 Å². The smallest absolute Gasteiger partial charge is 0.259 e. The predicted molar refractivity (Wildman–Crippen MR) is 98.6 cm³/mol. The summed E-state index contributed by atoms with van der Waals surface area (Å²) in [6.07, 6.45) is 0.395. The number of carbonyl (C=O) groups excluding carboxylic acids is 2. The van der Waals surface area contributed by atoms with E-state index in [1.165, 1.54) is 0 Å². The lowest BCUT2D eigenvalue weighted by Gasteiger charge is -2.12. The minimum atomic E-state index is -0.279. The molecule has 5 nitrogen and oxygen atoms in total. The van der Waals surface area contributed by atoms with Crippen LogP contribution in [0.15, 0.2) is 46.9 Å². The van der Waals surface area contributed by atoms with E-state index in [-0.39, 0.29) is 11.8 Å². The number of rotatable bonds is 6. The van der Waals surface area contributed by atoms with Crippen molar-refractivity contribution >= 4 is 39.1 Å². The first kappa shape index (κ1) is 18.0. The molecule has 0 atom stereocenters. The lowest BCUT2D eigenvalue weighted by atomic mass is 10.1. The monoisotopic (exact) mass is 390 g/mol. The maximum Gasteiger partial charge on any atom is 0.259 e. The molecule has 0 bridgehead atoms. The summed E-state index contributed by atoms with van der Waals surface area (Å²) in [5.74, 6) is 0.163. The number of carbonyl (C=O) groups is 2. The number of hydrogen-bond acceptors (Lipinski definition) is 3. The van der Waals surface area contributed by atoms with Crippen LogP contribution in [0.1, 0.15) is 30.6 Å². The van der Waals surface area contributed by atoms with Gasteiger partial charge in [-0.1, -0.05) is 28.9 Å². The van der Waals surface area contributed by atoms with Crippen LogP contribution in [-0.4, -0.2) is 18.4 Å². The first-order valence-electron chi connectivity index (χ1n) is 7.67. The second-order valence-corrected chi connectivity index (χ2v) is 5.93. The molecule has 0 heterocycles. The fourth-order valence-electron chi connectivity index (χ4n) is 2.08. The number of halogens is 1. The molecule has 126 valence electrons. The summed E-state index contributed by atoms with van der Waals surface area (Å²) in [5.41, 5.74) is 1.67. The average Bonchev–Trinajstić information content (AvgIpc) is 2.56. The van der Waals surface area contributed by atoms with Crippen molar-refractivity contribution in [1.29, 1.82) is 0 Å². The Morgan fingerprint density at radius 2 is 1.75 bits per heavy atom. The number of nitrogens with one attached hydrogen (secondary N) is 2. The Labute approximate surface area is 149 Å². The van der Waals surface area contributed by atoms with Crippen molar-refractivity contribution < 1.29 is 14.3 Å². The molecule has 0 spiro atoms. The third-order valence-electron chi connectivity index (χ3n) is 3.21. The number of hydrogen-bond donors (Lipinski definition) is 2. The topological polar surface area (TPSA) is 67.4 Å². The summed E-state index contributed by atoms with van der Waals surface area (Å²) in [7, 11) is 0. The van der Waals surface area contributed by atoms with Crippen LogP contribution in [-0.2, 0) is 4.79 Å². The van der Waals surface area contributed by atoms with Gasteiger partial charge >= 0.3 is 0 Å². The molecule has 6 heteroatoms. The van der Waals surface area contributed by atoms with Crippen LogP contribution in [0.3, 0.4) is 0 Å². The van der Waals surface area contributed by atoms with Crippen molar-refractivity contribution in [2.75, 3.05) is 17.2 Å². The lowest BCUT2D eigenvalue weighted by molar-refractivity contribution is -0.115. The molecule has 0 radical (unpaired) electrons. The highest BCUT2D eigenvalue weighted by Gasteiger charge is 2.14. The van der Waals surface area contributed by atoms with E-state index in [2.05, 4.69) is 26.6 Å². The molecule has 0 fully saturated rings. The summed E-state index contributed by atoms with van der Waals surface area (Å²) in [6, 6.07) is 12.3. The Bertz CT molecular complexity index is 747. The largest absolute Gasteiger partial charge is 0.493 e. The maximum atomic E-state index is 12.6. The maximum absolute atomic E-state index is 12.6. The summed E-state index contributed by atoms with van der Waals surface area (Å²) in [5, 5.41) is 5.59. The van der Waals surface area contributed by atoms with E-state index in [0.29, 0.717) is 35.7 Å². The van der Waals surface area contributed by atoms with E-state index >= 15 is 0 Å². The van der Waals surface area contributed by atoms with Crippen LogP contribution in [0.2, 0.25) is 0 Å². The van der Waals surface area contributed by atoms with Gasteiger partial charge in [0.05, 0.1) is 12.2 Å². The van der Waals surface area contributed by atoms with E-state index < -0.39 is 0 Å². The van der Waals surface area contributed by atoms with E-state index in [0.717, 1.165) is 4.47 Å². The molecule has 0 unspecified atom stereocenters. The number of anilines is 2. The Hall–Kier alpha value is -2.34. The van der Waals surface area contributed by atoms with Crippen molar-refractivity contribution in [3.63, 3.8) is 0 Å². The van der Waals surface area contributed by atoms with Gasteiger partial charge in [0.1, 0.15) is 5.75 Å². The molecule has 0 saturated heterocycles. The molecule has 2 aromatic rings. The van der Waals surface area contributed by atoms with Gasteiger partial charge in [-0.05, 0) is 43.3 Å². The van der Waals surface area contributed by atoms with Crippen LogP contribution in [0, 0.1) is 0 Å². The van der Waals surface area contributed by atoms with Gasteiger partial charge in [0, 0.05) is 22.3 Å². The van der Waals surface area contributed by atoms with Crippen molar-refractivity contribution in [2.24, 2.45) is 0 Å². The first-order valence-corrected chi connectivity index (χ1v) is 8.46. The van der Waals surface area contributed by atoms with E-state index in [4.69, 9.17) is 4.74 Å². The Morgan fingerprint density at radius 3 is 2.42 bits per heavy atom. The normalized spacial score (nSPS) is 10.1. The molecular weight excluding hydrogens is 372 g/mol. The quantitative estimate of drug-likeness (QED) is 0.765. The lowest BCUT2D eigenvalue weighted by Crippen LogP contribution is -2.14. The number of benzene rings is 2. The average molecular weight is 391 g/mol. The van der Waals surface area contributed by atoms with Crippen LogP contribution in [0.5, 0.6) is 5.75 Å². The van der Waals surface area contributed by atoms with Crippen molar-refractivity contribution in [2.45, 2.75) is 20.3 Å². The molecule has 0 aliphatic carbocycles. The zero-order valence-corrected chi connectivity index (χ0v) is 15.1. The van der Waals surface area contributed by atoms with Crippen molar-refractivity contribution in [3.05, 3.63) is 52.5 Å². The highest BCUT2D eigenvalue weighted by molar-refractivity contribution is 9.10. The zero-order chi connectivity index (χ0) is 17.5. The van der Waals surface area contributed by atoms with Gasteiger partial charge in [0.25, 0.3) is 5.91 Å². The van der Waals surface area contributed by atoms with Crippen LogP contribution in [0.25, 0.3) is 0 Å². The van der Waals surface area contributed by atoms with Crippen LogP contribution >= 0.6 is 15.9 Å². The van der Waals surface area contributed by atoms with Gasteiger partial charge in [0.2, 0.25) is 5.91 Å². The molecule has 0 aromatic heterocycles. The number of amides is 2. The third-order valence-corrected chi connectivity index (χ3v) is 3.70. The van der Waals surface area contributed by atoms with Crippen LogP contribution < -0.4 is 15.4 Å². The Balaban J connectivity index is 2.19. The molecule has 2 rings (SSSR count). The molecular formula is C18H19BrN2O3. The molecule has 0 aliphatic rings. The predicted octanol–water partition coefficient (Wildman–Crippen LogP) is 4.45. The van der Waals surface area contributed by atoms with Gasteiger partial charge in [-0.25, -0.2) is 0 Å². The first-order chi connectivity index (χ1) is 11.5. The van der Waals surface area contributed by atoms with E-state index in [9.17, 15) is 9.59 Å². The van der Waals surface area contributed by atoms with E-state index in [1.807, 2.05) is 13.0 Å². The second kappa shape index (κ2) is 8.49. The highest BCUT2D eigenvalue weighted by Crippen LogP contribution is 2.25. The molecule has 24 heavy (non-hydrogen) atoms. The van der Waals surface area contributed by atoms with Gasteiger partial charge < -0.3 is 15.4 Å². The van der Waals surface area contributed by atoms with Crippen molar-refractivity contribution in [3.8, 4) is 5.75 Å². The second-order valence-electron chi connectivity index (χ2n) is 5.01. The fraction of sp³-hybridized carbons (Fsp3) is 0.222. The van der Waals surface area contributed by atoms with Gasteiger partial charge in [-0.15, -0.1) is 0 Å².